The zero-order valence-electron chi connectivity index (χ0n) is 17.4. The van der Waals surface area contributed by atoms with Crippen LogP contribution in [0.5, 0.6) is 0 Å². The Morgan fingerprint density at radius 2 is 2.03 bits per heavy atom. The zero-order chi connectivity index (χ0) is 21.5. The maximum absolute atomic E-state index is 12.0. The van der Waals surface area contributed by atoms with E-state index in [0.717, 1.165) is 21.3 Å². The number of guanidine groups is 1. The second kappa shape index (κ2) is 10.3. The highest BCUT2D eigenvalue weighted by Gasteiger charge is 2.20. The molecule has 0 saturated heterocycles. The fourth-order valence-corrected chi connectivity index (χ4v) is 4.51. The molecule has 2 N–H and O–H groups in total. The maximum Gasteiger partial charge on any atom is 0.350 e. The van der Waals surface area contributed by atoms with Crippen LogP contribution in [0.4, 0.5) is 0 Å². The van der Waals surface area contributed by atoms with E-state index in [1.807, 2.05) is 37.4 Å². The monoisotopic (exact) mass is 443 g/mol. The number of thiazole rings is 2. The minimum atomic E-state index is -0.328. The van der Waals surface area contributed by atoms with Gasteiger partial charge in [0.2, 0.25) is 0 Å². The Morgan fingerprint density at radius 1 is 1.27 bits per heavy atom. The molecule has 9 heteroatoms. The first-order valence-electron chi connectivity index (χ1n) is 9.63. The van der Waals surface area contributed by atoms with Crippen LogP contribution in [0, 0.1) is 6.92 Å². The van der Waals surface area contributed by atoms with E-state index >= 15 is 0 Å². The SMILES string of the molecule is CCOC(=O)c1sc(C(C)NC(=NC)NCc2csc(-c3ccccc3)n2)nc1C. The summed E-state index contributed by atoms with van der Waals surface area (Å²) < 4.78 is 5.09. The van der Waals surface area contributed by atoms with Crippen LogP contribution in [0.2, 0.25) is 0 Å². The summed E-state index contributed by atoms with van der Waals surface area (Å²) in [5.74, 6) is 0.313. The number of nitrogens with one attached hydrogen (secondary N) is 2. The van der Waals surface area contributed by atoms with E-state index in [4.69, 9.17) is 4.74 Å². The first-order valence-corrected chi connectivity index (χ1v) is 11.3. The third-order valence-corrected chi connectivity index (χ3v) is 6.49. The van der Waals surface area contributed by atoms with Crippen molar-refractivity contribution in [1.29, 1.82) is 0 Å². The molecule has 0 bridgehead atoms. The van der Waals surface area contributed by atoms with E-state index in [1.54, 1.807) is 25.3 Å². The lowest BCUT2D eigenvalue weighted by Gasteiger charge is -2.15. The normalized spacial score (nSPS) is 12.5. The van der Waals surface area contributed by atoms with Gasteiger partial charge in [0.15, 0.2) is 5.96 Å². The van der Waals surface area contributed by atoms with E-state index in [-0.39, 0.29) is 12.0 Å². The third kappa shape index (κ3) is 5.43. The Labute approximate surface area is 184 Å². The van der Waals surface area contributed by atoms with Gasteiger partial charge in [-0.15, -0.1) is 22.7 Å². The minimum absolute atomic E-state index is 0.113. The van der Waals surface area contributed by atoms with Crippen LogP contribution in [0.3, 0.4) is 0 Å². The summed E-state index contributed by atoms with van der Waals surface area (Å²) in [6.07, 6.45) is 0. The number of carbonyl (C=O) groups excluding carboxylic acids is 1. The Bertz CT molecular complexity index is 1010. The standard InChI is InChI=1S/C21H25N5O2S2/c1-5-28-20(27)17-13(2)24-18(30-17)14(3)25-21(22-4)23-11-16-12-29-19(26-16)15-9-7-6-8-10-15/h6-10,12,14H,5,11H2,1-4H3,(H2,22,23,25). The van der Waals surface area contributed by atoms with E-state index in [1.165, 1.54) is 11.3 Å². The molecule has 0 aliphatic rings. The number of carbonyl (C=O) groups is 1. The Morgan fingerprint density at radius 3 is 2.73 bits per heavy atom. The molecular weight excluding hydrogens is 418 g/mol. The smallest absolute Gasteiger partial charge is 0.350 e. The van der Waals surface area contributed by atoms with Gasteiger partial charge in [-0.05, 0) is 20.8 Å². The molecule has 0 fully saturated rings. The predicted octanol–water partition coefficient (Wildman–Crippen LogP) is 4.18. The summed E-state index contributed by atoms with van der Waals surface area (Å²) in [7, 11) is 1.72. The lowest BCUT2D eigenvalue weighted by Crippen LogP contribution is -2.38. The third-order valence-electron chi connectivity index (χ3n) is 4.23. The van der Waals surface area contributed by atoms with Gasteiger partial charge in [-0.25, -0.2) is 14.8 Å². The first kappa shape index (κ1) is 21.9. The average molecular weight is 444 g/mol. The highest BCUT2D eigenvalue weighted by molar-refractivity contribution is 7.14. The average Bonchev–Trinajstić information content (AvgIpc) is 3.38. The van der Waals surface area contributed by atoms with E-state index in [9.17, 15) is 4.79 Å². The van der Waals surface area contributed by atoms with Crippen LogP contribution >= 0.6 is 22.7 Å². The summed E-state index contributed by atoms with van der Waals surface area (Å²) in [5, 5.41) is 10.4. The predicted molar refractivity (Wildman–Crippen MR) is 122 cm³/mol. The molecule has 0 saturated carbocycles. The van der Waals surface area contributed by atoms with Gasteiger partial charge in [-0.3, -0.25) is 4.99 Å². The highest BCUT2D eigenvalue weighted by atomic mass is 32.1. The van der Waals surface area contributed by atoms with Gasteiger partial charge in [0.05, 0.1) is 30.6 Å². The second-order valence-corrected chi connectivity index (χ2v) is 8.38. The molecule has 3 rings (SSSR count). The molecule has 7 nitrogen and oxygen atoms in total. The summed E-state index contributed by atoms with van der Waals surface area (Å²) in [6.45, 7) is 6.49. The van der Waals surface area contributed by atoms with Gasteiger partial charge in [-0.1, -0.05) is 30.3 Å². The molecule has 1 atom stereocenters. The number of hydrogen-bond acceptors (Lipinski definition) is 7. The molecule has 158 valence electrons. The molecule has 2 heterocycles. The second-order valence-electron chi connectivity index (χ2n) is 6.49. The van der Waals surface area contributed by atoms with Crippen LogP contribution in [-0.4, -0.2) is 35.6 Å². The first-order chi connectivity index (χ1) is 14.5. The number of hydrogen-bond donors (Lipinski definition) is 2. The summed E-state index contributed by atoms with van der Waals surface area (Å²) in [4.78, 5) is 26.1. The van der Waals surface area contributed by atoms with Gasteiger partial charge < -0.3 is 15.4 Å². The number of esters is 1. The van der Waals surface area contributed by atoms with Crippen LogP contribution in [0.25, 0.3) is 10.6 Å². The van der Waals surface area contributed by atoms with Crippen molar-refractivity contribution in [3.63, 3.8) is 0 Å². The van der Waals surface area contributed by atoms with Crippen molar-refractivity contribution in [3.8, 4) is 10.6 Å². The van der Waals surface area contributed by atoms with Crippen molar-refractivity contribution < 1.29 is 9.53 Å². The number of rotatable bonds is 7. The molecule has 2 aromatic heterocycles. The largest absolute Gasteiger partial charge is 0.462 e. The van der Waals surface area contributed by atoms with E-state index < -0.39 is 0 Å². The van der Waals surface area contributed by atoms with Gasteiger partial charge in [0.1, 0.15) is 14.9 Å². The van der Waals surface area contributed by atoms with Gasteiger partial charge >= 0.3 is 5.97 Å². The van der Waals surface area contributed by atoms with Gasteiger partial charge in [-0.2, -0.15) is 0 Å². The molecular formula is C21H25N5O2S2. The van der Waals surface area contributed by atoms with Crippen molar-refractivity contribution >= 4 is 34.6 Å². The molecule has 0 amide bonds. The van der Waals surface area contributed by atoms with Crippen molar-refractivity contribution in [2.24, 2.45) is 4.99 Å². The van der Waals surface area contributed by atoms with E-state index in [0.29, 0.717) is 29.7 Å². The summed E-state index contributed by atoms with van der Waals surface area (Å²) in [6, 6.07) is 10.0. The molecule has 3 aromatic rings. The van der Waals surface area contributed by atoms with Crippen LogP contribution in [0.15, 0.2) is 40.7 Å². The van der Waals surface area contributed by atoms with Crippen molar-refractivity contribution in [1.82, 2.24) is 20.6 Å². The van der Waals surface area contributed by atoms with Crippen LogP contribution < -0.4 is 10.6 Å². The Hall–Kier alpha value is -2.78. The van der Waals surface area contributed by atoms with Crippen molar-refractivity contribution in [2.75, 3.05) is 13.7 Å². The van der Waals surface area contributed by atoms with Crippen molar-refractivity contribution in [3.05, 3.63) is 57.0 Å². The molecule has 1 unspecified atom stereocenters. The fourth-order valence-electron chi connectivity index (χ4n) is 2.73. The lowest BCUT2D eigenvalue weighted by atomic mass is 10.2. The molecule has 0 aliphatic heterocycles. The summed E-state index contributed by atoms with van der Waals surface area (Å²) >= 11 is 2.96. The molecule has 1 aromatic carbocycles. The van der Waals surface area contributed by atoms with Gasteiger partial charge in [0, 0.05) is 18.0 Å². The minimum Gasteiger partial charge on any atom is -0.462 e. The fraction of sp³-hybridized carbons (Fsp3) is 0.333. The lowest BCUT2D eigenvalue weighted by molar-refractivity contribution is 0.0531. The maximum atomic E-state index is 12.0. The number of aliphatic imine (C=N–C) groups is 1. The molecule has 30 heavy (non-hydrogen) atoms. The zero-order valence-corrected chi connectivity index (χ0v) is 19.1. The molecule has 0 radical (unpaired) electrons. The molecule has 0 aliphatic carbocycles. The highest BCUT2D eigenvalue weighted by Crippen LogP contribution is 2.25. The van der Waals surface area contributed by atoms with Crippen molar-refractivity contribution in [2.45, 2.75) is 33.4 Å². The van der Waals surface area contributed by atoms with E-state index in [2.05, 4.69) is 37.7 Å². The number of aryl methyl sites for hydroxylation is 1. The topological polar surface area (TPSA) is 88.5 Å². The Kier molecular flexibility index (Phi) is 7.53. The van der Waals surface area contributed by atoms with Crippen LogP contribution in [0.1, 0.15) is 46.0 Å². The quantitative estimate of drug-likeness (QED) is 0.324. The number of aromatic nitrogens is 2. The molecule has 0 spiro atoms. The Balaban J connectivity index is 1.59. The number of benzene rings is 1. The number of ether oxygens (including phenoxy) is 1. The van der Waals surface area contributed by atoms with Crippen LogP contribution in [-0.2, 0) is 11.3 Å². The van der Waals surface area contributed by atoms with Gasteiger partial charge in [0.25, 0.3) is 0 Å². The summed E-state index contributed by atoms with van der Waals surface area (Å²) in [5.41, 5.74) is 2.74. The number of nitrogens with zero attached hydrogens (tertiary/aromatic N) is 3.